The largest absolute Gasteiger partial charge is 0.466 e. The van der Waals surface area contributed by atoms with Crippen molar-refractivity contribution in [2.45, 2.75) is 33.2 Å². The number of hydrogen-bond donors (Lipinski definition) is 0. The molecule has 0 amide bonds. The Kier molecular flexibility index (Phi) is 5.69. The summed E-state index contributed by atoms with van der Waals surface area (Å²) in [5.41, 5.74) is -0.423. The summed E-state index contributed by atoms with van der Waals surface area (Å²) in [6, 6.07) is 10.4. The first-order valence-electron chi connectivity index (χ1n) is 10.2. The molecule has 2 atom stereocenters. The van der Waals surface area contributed by atoms with Crippen molar-refractivity contribution in [3.63, 3.8) is 0 Å². The molecule has 2 saturated heterocycles. The second-order valence-electron chi connectivity index (χ2n) is 7.99. The van der Waals surface area contributed by atoms with Crippen molar-refractivity contribution in [1.29, 1.82) is 0 Å². The monoisotopic (exact) mass is 399 g/mol. The van der Waals surface area contributed by atoms with Gasteiger partial charge in [-0.2, -0.15) is 0 Å². The summed E-state index contributed by atoms with van der Waals surface area (Å²) in [5, 5.41) is 0. The van der Waals surface area contributed by atoms with Crippen molar-refractivity contribution in [1.82, 2.24) is 9.88 Å². The Hall–Kier alpha value is -1.92. The molecule has 2 aromatic rings. The summed E-state index contributed by atoms with van der Waals surface area (Å²) in [5.74, 6) is 1.20. The van der Waals surface area contributed by atoms with Gasteiger partial charge >= 0.3 is 5.97 Å². The van der Waals surface area contributed by atoms with Crippen LogP contribution in [0.2, 0.25) is 0 Å². The van der Waals surface area contributed by atoms with Crippen molar-refractivity contribution in [3.05, 3.63) is 46.3 Å². The Balaban J connectivity index is 1.57. The summed E-state index contributed by atoms with van der Waals surface area (Å²) < 4.78 is 5.58. The van der Waals surface area contributed by atoms with Crippen molar-refractivity contribution in [3.8, 4) is 0 Å². The number of carbonyl (C=O) groups excluding carboxylic acids is 1. The zero-order valence-corrected chi connectivity index (χ0v) is 17.6. The number of aromatic nitrogens is 1. The van der Waals surface area contributed by atoms with Gasteiger partial charge in [-0.15, -0.1) is 11.3 Å². The lowest BCUT2D eigenvalue weighted by molar-refractivity contribution is -0.157. The number of carbonyl (C=O) groups is 1. The molecule has 0 radical (unpaired) electrons. The van der Waals surface area contributed by atoms with E-state index in [-0.39, 0.29) is 11.9 Å². The zero-order valence-electron chi connectivity index (χ0n) is 16.8. The van der Waals surface area contributed by atoms with Crippen molar-refractivity contribution in [2.24, 2.45) is 11.3 Å². The van der Waals surface area contributed by atoms with Gasteiger partial charge in [-0.25, -0.2) is 4.98 Å². The maximum absolute atomic E-state index is 13.1. The second kappa shape index (κ2) is 8.21. The molecule has 0 aliphatic carbocycles. The van der Waals surface area contributed by atoms with Crippen LogP contribution in [-0.2, 0) is 16.1 Å². The minimum atomic E-state index is -0.423. The molecule has 2 aliphatic rings. The van der Waals surface area contributed by atoms with Gasteiger partial charge in [-0.05, 0) is 57.5 Å². The number of ether oxygens (including phenoxy) is 1. The number of esters is 1. The highest BCUT2D eigenvalue weighted by Gasteiger charge is 2.54. The van der Waals surface area contributed by atoms with E-state index < -0.39 is 5.41 Å². The van der Waals surface area contributed by atoms with Crippen LogP contribution in [0.3, 0.4) is 0 Å². The Labute approximate surface area is 171 Å². The van der Waals surface area contributed by atoms with E-state index in [0.717, 1.165) is 44.8 Å². The molecule has 5 nitrogen and oxygen atoms in total. The van der Waals surface area contributed by atoms with Gasteiger partial charge in [-0.1, -0.05) is 6.07 Å². The van der Waals surface area contributed by atoms with Crippen LogP contribution >= 0.6 is 11.3 Å². The van der Waals surface area contributed by atoms with E-state index in [2.05, 4.69) is 33.8 Å². The third-order valence-electron chi connectivity index (χ3n) is 6.10. The minimum Gasteiger partial charge on any atom is -0.466 e. The number of likely N-dealkylation sites (tertiary alicyclic amines) is 1. The van der Waals surface area contributed by atoms with E-state index in [4.69, 9.17) is 4.74 Å². The number of rotatable bonds is 5. The van der Waals surface area contributed by atoms with Crippen molar-refractivity contribution >= 4 is 23.1 Å². The molecule has 0 saturated carbocycles. The van der Waals surface area contributed by atoms with Crippen LogP contribution in [-0.4, -0.2) is 48.6 Å². The number of pyridine rings is 1. The van der Waals surface area contributed by atoms with Gasteiger partial charge in [0.25, 0.3) is 0 Å². The average Bonchev–Trinajstić information content (AvgIpc) is 3.22. The molecule has 2 aliphatic heterocycles. The lowest BCUT2D eigenvalue weighted by Gasteiger charge is -2.31. The summed E-state index contributed by atoms with van der Waals surface area (Å²) in [7, 11) is 0. The topological polar surface area (TPSA) is 45.7 Å². The lowest BCUT2D eigenvalue weighted by atomic mass is 9.75. The number of fused-ring (bicyclic) bond motifs is 1. The van der Waals surface area contributed by atoms with Gasteiger partial charge in [0.1, 0.15) is 5.82 Å². The number of thiophene rings is 1. The van der Waals surface area contributed by atoms with Crippen LogP contribution in [0.1, 0.15) is 29.5 Å². The quantitative estimate of drug-likeness (QED) is 0.717. The Morgan fingerprint density at radius 3 is 2.93 bits per heavy atom. The number of aryl methyl sites for hydroxylation is 1. The van der Waals surface area contributed by atoms with Gasteiger partial charge in [0.2, 0.25) is 0 Å². The maximum Gasteiger partial charge on any atom is 0.314 e. The van der Waals surface area contributed by atoms with Crippen LogP contribution < -0.4 is 4.90 Å². The van der Waals surface area contributed by atoms with Gasteiger partial charge < -0.3 is 9.64 Å². The van der Waals surface area contributed by atoms with Crippen LogP contribution in [0, 0.1) is 18.3 Å². The third-order valence-corrected chi connectivity index (χ3v) is 7.09. The Morgan fingerprint density at radius 2 is 2.21 bits per heavy atom. The fraction of sp³-hybridized carbons (Fsp3) is 0.545. The number of hydrogen-bond acceptors (Lipinski definition) is 6. The molecule has 0 bridgehead atoms. The van der Waals surface area contributed by atoms with E-state index in [1.165, 1.54) is 9.75 Å². The normalized spacial score (nSPS) is 25.4. The summed E-state index contributed by atoms with van der Waals surface area (Å²) in [6.07, 6.45) is 3.74. The molecule has 0 spiro atoms. The predicted molar refractivity (Wildman–Crippen MR) is 113 cm³/mol. The molecular weight excluding hydrogens is 370 g/mol. The highest BCUT2D eigenvalue weighted by molar-refractivity contribution is 7.11. The van der Waals surface area contributed by atoms with Gasteiger partial charge in [0.05, 0.1) is 12.0 Å². The highest BCUT2D eigenvalue weighted by Crippen LogP contribution is 2.45. The van der Waals surface area contributed by atoms with E-state index in [9.17, 15) is 4.79 Å². The first-order chi connectivity index (χ1) is 13.6. The molecule has 4 rings (SSSR count). The smallest absolute Gasteiger partial charge is 0.314 e. The maximum atomic E-state index is 13.1. The van der Waals surface area contributed by atoms with Crippen LogP contribution in [0.15, 0.2) is 36.5 Å². The van der Waals surface area contributed by atoms with Gasteiger partial charge in [0.15, 0.2) is 0 Å². The molecular formula is C22H29N3O2S. The van der Waals surface area contributed by atoms with Crippen molar-refractivity contribution < 1.29 is 9.53 Å². The molecule has 2 fully saturated rings. The molecule has 2 aromatic heterocycles. The zero-order chi connectivity index (χ0) is 19.6. The van der Waals surface area contributed by atoms with E-state index >= 15 is 0 Å². The summed E-state index contributed by atoms with van der Waals surface area (Å²) >= 11 is 1.87. The van der Waals surface area contributed by atoms with E-state index in [1.54, 1.807) is 0 Å². The van der Waals surface area contributed by atoms with Gasteiger partial charge in [0, 0.05) is 48.0 Å². The first kappa shape index (κ1) is 19.4. The molecule has 0 N–H and O–H groups in total. The molecule has 0 aromatic carbocycles. The van der Waals surface area contributed by atoms with Gasteiger partial charge in [-0.3, -0.25) is 9.69 Å². The molecule has 6 heteroatoms. The van der Waals surface area contributed by atoms with Crippen LogP contribution in [0.25, 0.3) is 0 Å². The van der Waals surface area contributed by atoms with E-state index in [0.29, 0.717) is 13.2 Å². The van der Waals surface area contributed by atoms with E-state index in [1.807, 2.05) is 42.7 Å². The highest BCUT2D eigenvalue weighted by atomic mass is 32.1. The fourth-order valence-corrected chi connectivity index (χ4v) is 5.70. The second-order valence-corrected chi connectivity index (χ2v) is 9.37. The third kappa shape index (κ3) is 3.80. The Morgan fingerprint density at radius 1 is 1.32 bits per heavy atom. The molecule has 150 valence electrons. The summed E-state index contributed by atoms with van der Waals surface area (Å²) in [6.45, 7) is 9.00. The Bertz CT molecular complexity index is 809. The van der Waals surface area contributed by atoms with Crippen LogP contribution in [0.4, 0.5) is 5.82 Å². The van der Waals surface area contributed by atoms with Crippen LogP contribution in [0.5, 0.6) is 0 Å². The number of nitrogens with zero attached hydrogens (tertiary/aromatic N) is 3. The standard InChI is InChI=1S/C22H29N3O2S/c1-3-27-21(26)22-10-6-12-24(15-19-9-8-17(2)28-19)13-18(22)14-25(16-22)20-7-4-5-11-23-20/h4-5,7-9,11,18H,3,6,10,12-16H2,1-2H3/t18-,22-/m0/s1. The molecule has 4 heterocycles. The van der Waals surface area contributed by atoms with Crippen molar-refractivity contribution in [2.75, 3.05) is 37.7 Å². The first-order valence-corrected chi connectivity index (χ1v) is 11.0. The molecule has 0 unspecified atom stereocenters. The molecule has 28 heavy (non-hydrogen) atoms. The fourth-order valence-electron chi connectivity index (χ4n) is 4.77. The average molecular weight is 400 g/mol. The summed E-state index contributed by atoms with van der Waals surface area (Å²) in [4.78, 5) is 25.2. The lowest BCUT2D eigenvalue weighted by Crippen LogP contribution is -2.42. The predicted octanol–water partition coefficient (Wildman–Crippen LogP) is 3.73. The SMILES string of the molecule is CCOC(=O)[C@]12CCCN(Cc3ccc(C)s3)C[C@H]1CN(c1ccccn1)C2. The minimum absolute atomic E-state index is 0.0211. The number of anilines is 1.